The number of benzene rings is 8. The van der Waals surface area contributed by atoms with E-state index in [4.69, 9.17) is 36.4 Å². The lowest BCUT2D eigenvalue weighted by Gasteiger charge is -1.92. The van der Waals surface area contributed by atoms with Gasteiger partial charge < -0.3 is 0 Å². The summed E-state index contributed by atoms with van der Waals surface area (Å²) in [6.45, 7) is 0. The monoisotopic (exact) mass is 1300 g/mol. The molecule has 8 rings (SSSR count). The Morgan fingerprint density at radius 2 is 0.210 bits per heavy atom. The molecule has 0 bridgehead atoms. The summed E-state index contributed by atoms with van der Waals surface area (Å²) in [5.41, 5.74) is 0. The lowest BCUT2D eigenvalue weighted by atomic mass is 10.4. The maximum Gasteiger partial charge on any atom is 0.294 e. The summed E-state index contributed by atoms with van der Waals surface area (Å²) < 4.78 is 234. The average molecular weight is 1300 g/mol. The van der Waals surface area contributed by atoms with Crippen molar-refractivity contribution in [3.05, 3.63) is 243 Å². The minimum atomic E-state index is -4.00. The minimum absolute atomic E-state index is 0. The fraction of sp³-hybridized carbons (Fsp3) is 0. The third-order valence-electron chi connectivity index (χ3n) is 8.33. The van der Waals surface area contributed by atoms with E-state index in [1.165, 1.54) is 97.1 Å². The van der Waals surface area contributed by atoms with Crippen molar-refractivity contribution in [3.63, 3.8) is 0 Å². The van der Waals surface area contributed by atoms with E-state index in [9.17, 15) is 67.3 Å². The molecule has 440 valence electrons. The van der Waals surface area contributed by atoms with Crippen LogP contribution in [0.5, 0.6) is 0 Å². The zero-order chi connectivity index (χ0) is 60.9. The Morgan fingerprint density at radius 1 is 0.148 bits per heavy atom. The Hall–Kier alpha value is -6.74. The largest absolute Gasteiger partial charge is 0.294 e. The molecule has 8 aromatic carbocycles. The maximum atomic E-state index is 10.4. The first-order valence-corrected chi connectivity index (χ1v) is 32.6. The van der Waals surface area contributed by atoms with E-state index < -0.39 is 80.9 Å². The lowest BCUT2D eigenvalue weighted by molar-refractivity contribution is 0.481. The van der Waals surface area contributed by atoms with E-state index in [2.05, 4.69) is 0 Å². The van der Waals surface area contributed by atoms with Gasteiger partial charge in [0.05, 0.1) is 39.2 Å². The zero-order valence-electron chi connectivity index (χ0n) is 40.5. The van der Waals surface area contributed by atoms with Gasteiger partial charge in [-0.1, -0.05) is 146 Å². The van der Waals surface area contributed by atoms with Crippen LogP contribution < -0.4 is 0 Å². The highest BCUT2D eigenvalue weighted by Gasteiger charge is 2.11. The molecular formula is C48H52O24S8Si. The summed E-state index contributed by atoms with van der Waals surface area (Å²) in [7, 11) is -32.0. The van der Waals surface area contributed by atoms with Crippen LogP contribution in [0.3, 0.4) is 0 Å². The fourth-order valence-corrected chi connectivity index (χ4v) is 8.75. The van der Waals surface area contributed by atoms with Crippen LogP contribution in [0.4, 0.5) is 0 Å². The van der Waals surface area contributed by atoms with Gasteiger partial charge in [-0.25, -0.2) is 0 Å². The molecule has 33 heteroatoms. The molecule has 0 spiro atoms. The van der Waals surface area contributed by atoms with Crippen LogP contribution in [0.1, 0.15) is 0 Å². The van der Waals surface area contributed by atoms with Gasteiger partial charge in [-0.3, -0.25) is 36.4 Å². The highest BCUT2D eigenvalue weighted by atomic mass is 32.2. The van der Waals surface area contributed by atoms with Gasteiger partial charge in [0.1, 0.15) is 0 Å². The molecule has 8 aromatic rings. The zero-order valence-corrected chi connectivity index (χ0v) is 47.0. The Balaban J connectivity index is 0.000000901. The van der Waals surface area contributed by atoms with Gasteiger partial charge in [0.15, 0.2) is 0 Å². The highest BCUT2D eigenvalue weighted by molar-refractivity contribution is 7.87. The van der Waals surface area contributed by atoms with Crippen LogP contribution >= 0.6 is 0 Å². The van der Waals surface area contributed by atoms with Crippen molar-refractivity contribution in [2.75, 3.05) is 0 Å². The van der Waals surface area contributed by atoms with Crippen LogP contribution in [-0.4, -0.2) is 115 Å². The van der Waals surface area contributed by atoms with Crippen molar-refractivity contribution in [1.29, 1.82) is 0 Å². The van der Waals surface area contributed by atoms with E-state index in [0.29, 0.717) is 0 Å². The fourth-order valence-electron chi connectivity index (χ4n) is 4.74. The number of rotatable bonds is 8. The second-order valence-electron chi connectivity index (χ2n) is 14.3. The molecule has 0 unspecified atom stereocenters. The van der Waals surface area contributed by atoms with Crippen LogP contribution in [-0.2, 0) is 80.9 Å². The molecule has 0 saturated heterocycles. The third kappa shape index (κ3) is 33.6. The Morgan fingerprint density at radius 3 is 0.247 bits per heavy atom. The summed E-state index contributed by atoms with van der Waals surface area (Å²) in [4.78, 5) is -0.593. The summed E-state index contributed by atoms with van der Waals surface area (Å²) in [5, 5.41) is 0. The predicted octanol–water partition coefficient (Wildman–Crippen LogP) is 6.01. The van der Waals surface area contributed by atoms with Crippen LogP contribution in [0.2, 0.25) is 0 Å². The van der Waals surface area contributed by atoms with Crippen molar-refractivity contribution in [2.24, 2.45) is 0 Å². The molecule has 0 aromatic heterocycles. The molecule has 0 aliphatic heterocycles. The first kappa shape index (κ1) is 74.3. The summed E-state index contributed by atoms with van der Waals surface area (Å²) in [5.74, 6) is 0. The first-order valence-electron chi connectivity index (χ1n) is 21.0. The number of hydrogen-bond acceptors (Lipinski definition) is 16. The molecule has 0 heterocycles. The van der Waals surface area contributed by atoms with Gasteiger partial charge >= 0.3 is 0 Å². The molecular weight excluding hydrogens is 1250 g/mol. The standard InChI is InChI=1S/8C6H6O3S.H4Si/c8*7-10(8,9)6-4-2-1-3-5-6;/h8*1-5H,(H,7,8,9);1H4. The highest BCUT2D eigenvalue weighted by Crippen LogP contribution is 2.10. The Kier molecular flexibility index (Phi) is 31.6. The molecule has 0 radical (unpaired) electrons. The van der Waals surface area contributed by atoms with Crippen molar-refractivity contribution in [2.45, 2.75) is 39.2 Å². The van der Waals surface area contributed by atoms with E-state index >= 15 is 0 Å². The number of hydrogen-bond donors (Lipinski definition) is 8. The van der Waals surface area contributed by atoms with Crippen molar-refractivity contribution < 1.29 is 104 Å². The normalized spacial score (nSPS) is 11.2. The van der Waals surface area contributed by atoms with Gasteiger partial charge in [0, 0.05) is 0 Å². The van der Waals surface area contributed by atoms with Gasteiger partial charge in [-0.05, 0) is 108 Å². The third-order valence-corrected chi connectivity index (χ3v) is 15.3. The van der Waals surface area contributed by atoms with E-state index in [1.54, 1.807) is 146 Å². The maximum absolute atomic E-state index is 10.4. The van der Waals surface area contributed by atoms with E-state index in [1.807, 2.05) is 0 Å². The van der Waals surface area contributed by atoms with Gasteiger partial charge in [-0.15, -0.1) is 0 Å². The van der Waals surface area contributed by atoms with E-state index in [-0.39, 0.29) is 50.1 Å². The quantitative estimate of drug-likeness (QED) is 0.0637. The van der Waals surface area contributed by atoms with Crippen molar-refractivity contribution in [1.82, 2.24) is 0 Å². The Labute approximate surface area is 474 Å². The van der Waals surface area contributed by atoms with Crippen LogP contribution in [0.15, 0.2) is 282 Å². The molecule has 0 fully saturated rings. The van der Waals surface area contributed by atoms with Gasteiger partial charge in [0.25, 0.3) is 80.9 Å². The second kappa shape index (κ2) is 34.5. The van der Waals surface area contributed by atoms with Crippen LogP contribution in [0.25, 0.3) is 0 Å². The molecule has 24 nitrogen and oxygen atoms in total. The molecule has 0 amide bonds. The van der Waals surface area contributed by atoms with E-state index in [0.717, 1.165) is 0 Å². The average Bonchev–Trinajstić information content (AvgIpc) is 3.40. The summed E-state index contributed by atoms with van der Waals surface area (Å²) in [6, 6.07) is 59.4. The molecule has 0 aliphatic carbocycles. The van der Waals surface area contributed by atoms with Gasteiger partial charge in [0.2, 0.25) is 0 Å². The smallest absolute Gasteiger partial charge is 0.282 e. The molecule has 8 N–H and O–H groups in total. The predicted molar refractivity (Wildman–Crippen MR) is 301 cm³/mol. The minimum Gasteiger partial charge on any atom is -0.282 e. The SMILES string of the molecule is O=S(=O)(O)c1ccccc1.O=S(=O)(O)c1ccccc1.O=S(=O)(O)c1ccccc1.O=S(=O)(O)c1ccccc1.O=S(=O)(O)c1ccccc1.O=S(=O)(O)c1ccccc1.O=S(=O)(O)c1ccccc1.O=S(=O)(O)c1ccccc1.[SiH4]. The summed E-state index contributed by atoms with van der Waals surface area (Å²) >= 11 is 0. The molecule has 0 saturated carbocycles. The Bertz CT molecular complexity index is 3230. The first-order chi connectivity index (χ1) is 36.8. The molecule has 81 heavy (non-hydrogen) atoms. The summed E-state index contributed by atoms with van der Waals surface area (Å²) in [6.07, 6.45) is 0. The second-order valence-corrected chi connectivity index (χ2v) is 25.7. The van der Waals surface area contributed by atoms with Gasteiger partial charge in [-0.2, -0.15) is 67.3 Å². The van der Waals surface area contributed by atoms with Crippen molar-refractivity contribution in [3.8, 4) is 0 Å². The van der Waals surface area contributed by atoms with Crippen molar-refractivity contribution >= 4 is 91.9 Å². The topological polar surface area (TPSA) is 435 Å². The van der Waals surface area contributed by atoms with Crippen LogP contribution in [0, 0.1) is 0 Å². The molecule has 0 aliphatic rings. The molecule has 0 atom stereocenters. The lowest BCUT2D eigenvalue weighted by Crippen LogP contribution is -1.96.